The molecular weight excluding hydrogens is 309 g/mol. The summed E-state index contributed by atoms with van der Waals surface area (Å²) in [7, 11) is 0. The molecule has 1 fully saturated rings. The molecule has 2 rings (SSSR count). The van der Waals surface area contributed by atoms with Gasteiger partial charge >= 0.3 is 0 Å². The van der Waals surface area contributed by atoms with E-state index in [1.54, 1.807) is 0 Å². The van der Waals surface area contributed by atoms with Crippen LogP contribution >= 0.6 is 39.1 Å². The maximum atomic E-state index is 6.17. The Morgan fingerprint density at radius 2 is 2.19 bits per heavy atom. The molecular formula is C12H14BrCl2N. The van der Waals surface area contributed by atoms with Gasteiger partial charge in [-0.3, -0.25) is 4.90 Å². The van der Waals surface area contributed by atoms with Crippen LogP contribution in [0.15, 0.2) is 18.2 Å². The molecule has 1 heterocycles. The zero-order chi connectivity index (χ0) is 11.5. The van der Waals surface area contributed by atoms with E-state index < -0.39 is 0 Å². The molecule has 0 aromatic heterocycles. The first-order chi connectivity index (χ1) is 7.70. The lowest BCUT2D eigenvalue weighted by Crippen LogP contribution is -2.20. The van der Waals surface area contributed by atoms with E-state index >= 15 is 0 Å². The van der Waals surface area contributed by atoms with Gasteiger partial charge in [-0.05, 0) is 30.5 Å². The van der Waals surface area contributed by atoms with Gasteiger partial charge < -0.3 is 0 Å². The van der Waals surface area contributed by atoms with E-state index in [9.17, 15) is 0 Å². The molecule has 1 aliphatic heterocycles. The van der Waals surface area contributed by atoms with Crippen LogP contribution in [0.4, 0.5) is 0 Å². The Kier molecular flexibility index (Phi) is 4.54. The van der Waals surface area contributed by atoms with Crippen LogP contribution in [0.1, 0.15) is 12.0 Å². The fourth-order valence-electron chi connectivity index (χ4n) is 2.09. The van der Waals surface area contributed by atoms with Crippen molar-refractivity contribution in [3.63, 3.8) is 0 Å². The van der Waals surface area contributed by atoms with Crippen molar-refractivity contribution in [2.45, 2.75) is 13.0 Å². The Morgan fingerprint density at radius 3 is 2.88 bits per heavy atom. The molecule has 1 unspecified atom stereocenters. The molecule has 0 bridgehead atoms. The van der Waals surface area contributed by atoms with Gasteiger partial charge in [0, 0.05) is 18.4 Å². The topological polar surface area (TPSA) is 3.24 Å². The highest BCUT2D eigenvalue weighted by Gasteiger charge is 2.22. The molecule has 0 spiro atoms. The highest BCUT2D eigenvalue weighted by atomic mass is 79.9. The molecule has 1 atom stereocenters. The summed E-state index contributed by atoms with van der Waals surface area (Å²) in [4.78, 5) is 2.43. The van der Waals surface area contributed by atoms with Gasteiger partial charge in [0.25, 0.3) is 0 Å². The summed E-state index contributed by atoms with van der Waals surface area (Å²) in [5.41, 5.74) is 1.13. The van der Waals surface area contributed by atoms with Crippen LogP contribution in [0.2, 0.25) is 10.0 Å². The lowest BCUT2D eigenvalue weighted by Gasteiger charge is -2.16. The summed E-state index contributed by atoms with van der Waals surface area (Å²) >= 11 is 15.7. The molecule has 1 saturated heterocycles. The van der Waals surface area contributed by atoms with Gasteiger partial charge in [0.05, 0.1) is 10.0 Å². The van der Waals surface area contributed by atoms with Gasteiger partial charge in [-0.25, -0.2) is 0 Å². The van der Waals surface area contributed by atoms with Crippen LogP contribution in [0.3, 0.4) is 0 Å². The van der Waals surface area contributed by atoms with Crippen molar-refractivity contribution in [2.75, 3.05) is 18.4 Å². The van der Waals surface area contributed by atoms with Gasteiger partial charge in [-0.15, -0.1) is 0 Å². The Morgan fingerprint density at radius 1 is 1.38 bits per heavy atom. The van der Waals surface area contributed by atoms with Crippen LogP contribution in [0.5, 0.6) is 0 Å². The van der Waals surface area contributed by atoms with Gasteiger partial charge in [-0.2, -0.15) is 0 Å². The van der Waals surface area contributed by atoms with Crippen molar-refractivity contribution < 1.29 is 0 Å². The van der Waals surface area contributed by atoms with E-state index in [0.717, 1.165) is 36.4 Å². The second kappa shape index (κ2) is 5.72. The molecule has 1 nitrogen and oxygen atoms in total. The summed E-state index contributed by atoms with van der Waals surface area (Å²) in [5, 5.41) is 2.44. The zero-order valence-corrected chi connectivity index (χ0v) is 12.0. The maximum absolute atomic E-state index is 6.17. The van der Waals surface area contributed by atoms with Crippen molar-refractivity contribution in [3.05, 3.63) is 33.8 Å². The SMILES string of the molecule is Clc1cccc(CN2CCC(CBr)C2)c1Cl. The highest BCUT2D eigenvalue weighted by molar-refractivity contribution is 9.09. The summed E-state index contributed by atoms with van der Waals surface area (Å²) in [6, 6.07) is 5.84. The second-order valence-corrected chi connectivity index (χ2v) is 5.69. The van der Waals surface area contributed by atoms with Crippen molar-refractivity contribution in [1.29, 1.82) is 0 Å². The van der Waals surface area contributed by atoms with Crippen molar-refractivity contribution in [2.24, 2.45) is 5.92 Å². The average molecular weight is 323 g/mol. The fourth-order valence-corrected chi connectivity index (χ4v) is 3.00. The molecule has 1 aromatic carbocycles. The third kappa shape index (κ3) is 2.92. The smallest absolute Gasteiger partial charge is 0.0637 e. The molecule has 0 N–H and O–H groups in total. The summed E-state index contributed by atoms with van der Waals surface area (Å²) < 4.78 is 0. The minimum Gasteiger partial charge on any atom is -0.299 e. The van der Waals surface area contributed by atoms with Crippen molar-refractivity contribution >= 4 is 39.1 Å². The summed E-state index contributed by atoms with van der Waals surface area (Å²) in [6.45, 7) is 3.20. The van der Waals surface area contributed by atoms with Crippen LogP contribution < -0.4 is 0 Å². The first-order valence-corrected chi connectivity index (χ1v) is 7.29. The third-order valence-corrected chi connectivity index (χ3v) is 4.79. The number of alkyl halides is 1. The normalized spacial score (nSPS) is 21.6. The zero-order valence-electron chi connectivity index (χ0n) is 8.93. The van der Waals surface area contributed by atoms with Gasteiger partial charge in [0.1, 0.15) is 0 Å². The van der Waals surface area contributed by atoms with Crippen LogP contribution in [0, 0.1) is 5.92 Å². The largest absolute Gasteiger partial charge is 0.299 e. The molecule has 0 aliphatic carbocycles. The van der Waals surface area contributed by atoms with E-state index in [-0.39, 0.29) is 0 Å². The Labute approximate surface area is 115 Å². The Bertz CT molecular complexity index is 370. The molecule has 0 radical (unpaired) electrons. The van der Waals surface area contributed by atoms with Crippen LogP contribution in [-0.2, 0) is 6.54 Å². The summed E-state index contributed by atoms with van der Waals surface area (Å²) in [5.74, 6) is 0.776. The van der Waals surface area contributed by atoms with Crippen LogP contribution in [-0.4, -0.2) is 23.3 Å². The minimum absolute atomic E-state index is 0.649. The first kappa shape index (κ1) is 12.7. The van der Waals surface area contributed by atoms with E-state index in [2.05, 4.69) is 26.9 Å². The highest BCUT2D eigenvalue weighted by Crippen LogP contribution is 2.28. The summed E-state index contributed by atoms with van der Waals surface area (Å²) in [6.07, 6.45) is 1.27. The molecule has 16 heavy (non-hydrogen) atoms. The second-order valence-electron chi connectivity index (χ2n) is 4.26. The van der Waals surface area contributed by atoms with Crippen molar-refractivity contribution in [3.8, 4) is 0 Å². The predicted molar refractivity (Wildman–Crippen MR) is 73.6 cm³/mol. The monoisotopic (exact) mass is 321 g/mol. The molecule has 0 saturated carbocycles. The Hall–Kier alpha value is 0.240. The minimum atomic E-state index is 0.649. The van der Waals surface area contributed by atoms with E-state index in [4.69, 9.17) is 23.2 Å². The molecule has 88 valence electrons. The number of likely N-dealkylation sites (tertiary alicyclic amines) is 1. The molecule has 0 amide bonds. The standard InChI is InChI=1S/C12H14BrCl2N/c13-6-9-4-5-16(7-9)8-10-2-1-3-11(14)12(10)15/h1-3,9H,4-8H2. The molecule has 1 aliphatic rings. The fraction of sp³-hybridized carbons (Fsp3) is 0.500. The first-order valence-electron chi connectivity index (χ1n) is 5.42. The lowest BCUT2D eigenvalue weighted by atomic mass is 10.2. The number of nitrogens with zero attached hydrogens (tertiary/aromatic N) is 1. The number of benzene rings is 1. The number of halogens is 3. The van der Waals surface area contributed by atoms with Crippen LogP contribution in [0.25, 0.3) is 0 Å². The maximum Gasteiger partial charge on any atom is 0.0637 e. The van der Waals surface area contributed by atoms with Gasteiger partial charge in [0.2, 0.25) is 0 Å². The van der Waals surface area contributed by atoms with E-state index in [0.29, 0.717) is 10.0 Å². The van der Waals surface area contributed by atoms with Gasteiger partial charge in [-0.1, -0.05) is 51.3 Å². The Balaban J connectivity index is 2.02. The third-order valence-electron chi connectivity index (χ3n) is 3.01. The van der Waals surface area contributed by atoms with E-state index in [1.165, 1.54) is 6.42 Å². The van der Waals surface area contributed by atoms with Gasteiger partial charge in [0.15, 0.2) is 0 Å². The quantitative estimate of drug-likeness (QED) is 0.753. The molecule has 1 aromatic rings. The number of rotatable bonds is 3. The number of hydrogen-bond donors (Lipinski definition) is 0. The van der Waals surface area contributed by atoms with Crippen molar-refractivity contribution in [1.82, 2.24) is 4.90 Å². The molecule has 4 heteroatoms. The average Bonchev–Trinajstić information content (AvgIpc) is 2.73. The predicted octanol–water partition coefficient (Wildman–Crippen LogP) is 4.21. The van der Waals surface area contributed by atoms with E-state index in [1.807, 2.05) is 12.1 Å². The number of hydrogen-bond acceptors (Lipinski definition) is 1. The lowest BCUT2D eigenvalue weighted by molar-refractivity contribution is 0.321.